The Morgan fingerprint density at radius 1 is 1.71 bits per heavy atom. The molecule has 7 heavy (non-hydrogen) atoms. The van der Waals surface area contributed by atoms with Gasteiger partial charge in [0, 0.05) is 12.3 Å². The second kappa shape index (κ2) is 1.46. The van der Waals surface area contributed by atoms with Gasteiger partial charge in [0.15, 0.2) is 0 Å². The monoisotopic (exact) mass is 117 g/mol. The Kier molecular flexibility index (Phi) is 0.947. The van der Waals surface area contributed by atoms with Crippen LogP contribution in [0.3, 0.4) is 0 Å². The Bertz CT molecular complexity index is 144. The van der Waals surface area contributed by atoms with Crippen LogP contribution < -0.4 is 0 Å². The molecule has 2 nitrogen and oxygen atoms in total. The zero-order valence-electron chi connectivity index (χ0n) is 3.48. The highest BCUT2D eigenvalue weighted by atomic mass is 35.5. The average Bonchev–Trinajstić information content (AvgIpc) is 1.87. The van der Waals surface area contributed by atoms with Crippen molar-refractivity contribution in [3.63, 3.8) is 0 Å². The van der Waals surface area contributed by atoms with Gasteiger partial charge in [0.05, 0.1) is 0 Å². The first-order valence-corrected chi connectivity index (χ1v) is 2.20. The summed E-state index contributed by atoms with van der Waals surface area (Å²) in [6.45, 7) is 0. The third-order valence-electron chi connectivity index (χ3n) is 0.633. The van der Waals surface area contributed by atoms with E-state index in [1.807, 2.05) is 0 Å². The summed E-state index contributed by atoms with van der Waals surface area (Å²) >= 11 is 5.34. The molecular formula is C4H4ClNO. The van der Waals surface area contributed by atoms with E-state index in [4.69, 9.17) is 16.7 Å². The van der Waals surface area contributed by atoms with E-state index < -0.39 is 0 Å². The lowest BCUT2D eigenvalue weighted by Crippen LogP contribution is -1.49. The van der Waals surface area contributed by atoms with Crippen LogP contribution in [0.2, 0.25) is 5.15 Å². The lowest BCUT2D eigenvalue weighted by Gasteiger charge is -1.69. The quantitative estimate of drug-likeness (QED) is 0.529. The number of halogens is 1. The number of hydrogen-bond donors (Lipinski definition) is 2. The summed E-state index contributed by atoms with van der Waals surface area (Å²) in [6, 6.07) is 1.43. The number of nitrogens with one attached hydrogen (secondary N) is 1. The molecule has 1 rings (SSSR count). The summed E-state index contributed by atoms with van der Waals surface area (Å²) in [5.74, 6) is 0.171. The van der Waals surface area contributed by atoms with Gasteiger partial charge in [0.1, 0.15) is 10.9 Å². The molecule has 0 aromatic carbocycles. The van der Waals surface area contributed by atoms with Crippen molar-refractivity contribution >= 4 is 11.6 Å². The molecule has 0 aliphatic carbocycles. The van der Waals surface area contributed by atoms with E-state index in [0.29, 0.717) is 5.15 Å². The Hall–Kier alpha value is -0.630. The lowest BCUT2D eigenvalue weighted by molar-refractivity contribution is 0.476. The molecule has 0 aliphatic heterocycles. The molecule has 1 heterocycles. The van der Waals surface area contributed by atoms with Crippen molar-refractivity contribution in [2.75, 3.05) is 0 Å². The van der Waals surface area contributed by atoms with Gasteiger partial charge < -0.3 is 10.1 Å². The van der Waals surface area contributed by atoms with Gasteiger partial charge in [0.25, 0.3) is 0 Å². The van der Waals surface area contributed by atoms with Crippen molar-refractivity contribution in [1.29, 1.82) is 0 Å². The average molecular weight is 118 g/mol. The number of aromatic hydroxyl groups is 1. The SMILES string of the molecule is Oc1c[nH]c(Cl)c1. The fourth-order valence-corrected chi connectivity index (χ4v) is 0.522. The summed E-state index contributed by atoms with van der Waals surface area (Å²) in [5, 5.41) is 8.99. The minimum Gasteiger partial charge on any atom is -0.506 e. The molecule has 0 radical (unpaired) electrons. The zero-order valence-corrected chi connectivity index (χ0v) is 4.24. The largest absolute Gasteiger partial charge is 0.506 e. The molecule has 0 spiro atoms. The Morgan fingerprint density at radius 2 is 2.43 bits per heavy atom. The van der Waals surface area contributed by atoms with Gasteiger partial charge >= 0.3 is 0 Å². The van der Waals surface area contributed by atoms with Gasteiger partial charge in [-0.2, -0.15) is 0 Å². The van der Waals surface area contributed by atoms with Crippen LogP contribution in [0.1, 0.15) is 0 Å². The third-order valence-corrected chi connectivity index (χ3v) is 0.851. The predicted octanol–water partition coefficient (Wildman–Crippen LogP) is 1.37. The van der Waals surface area contributed by atoms with E-state index in [1.54, 1.807) is 0 Å². The molecule has 1 aromatic rings. The van der Waals surface area contributed by atoms with Gasteiger partial charge in [-0.05, 0) is 0 Å². The van der Waals surface area contributed by atoms with Crippen LogP contribution in [0.4, 0.5) is 0 Å². The molecule has 2 N–H and O–H groups in total. The maximum Gasteiger partial charge on any atom is 0.134 e. The molecule has 0 aliphatic rings. The summed E-state index contributed by atoms with van der Waals surface area (Å²) in [6.07, 6.45) is 1.42. The number of aromatic amines is 1. The van der Waals surface area contributed by atoms with E-state index in [0.717, 1.165) is 0 Å². The molecule has 3 heteroatoms. The molecule has 0 unspecified atom stereocenters. The van der Waals surface area contributed by atoms with Gasteiger partial charge in [-0.3, -0.25) is 0 Å². The second-order valence-electron chi connectivity index (χ2n) is 1.21. The zero-order chi connectivity index (χ0) is 5.28. The maximum absolute atomic E-state index is 8.54. The van der Waals surface area contributed by atoms with Crippen molar-refractivity contribution in [1.82, 2.24) is 4.98 Å². The first-order chi connectivity index (χ1) is 3.29. The highest BCUT2D eigenvalue weighted by Crippen LogP contribution is 2.12. The molecule has 0 bridgehead atoms. The molecule has 0 saturated heterocycles. The Labute approximate surface area is 45.7 Å². The van der Waals surface area contributed by atoms with E-state index in [9.17, 15) is 0 Å². The predicted molar refractivity (Wildman–Crippen MR) is 27.5 cm³/mol. The van der Waals surface area contributed by atoms with E-state index in [-0.39, 0.29) is 5.75 Å². The molecule has 0 atom stereocenters. The lowest BCUT2D eigenvalue weighted by atomic mass is 10.6. The highest BCUT2D eigenvalue weighted by molar-refractivity contribution is 6.29. The number of hydrogen-bond acceptors (Lipinski definition) is 1. The maximum atomic E-state index is 8.54. The van der Waals surface area contributed by atoms with Crippen molar-refractivity contribution in [2.24, 2.45) is 0 Å². The molecule has 0 fully saturated rings. The van der Waals surface area contributed by atoms with Crippen molar-refractivity contribution in [3.05, 3.63) is 17.4 Å². The van der Waals surface area contributed by atoms with Gasteiger partial charge in [-0.25, -0.2) is 0 Å². The Balaban J connectivity index is 3.04. The normalized spacial score (nSPS) is 9.29. The molecule has 0 saturated carbocycles. The van der Waals surface area contributed by atoms with Crippen molar-refractivity contribution in [3.8, 4) is 5.75 Å². The van der Waals surface area contributed by atoms with Crippen LogP contribution >= 0.6 is 11.6 Å². The fraction of sp³-hybridized carbons (Fsp3) is 0. The van der Waals surface area contributed by atoms with Gasteiger partial charge in [-0.1, -0.05) is 11.6 Å². The van der Waals surface area contributed by atoms with Crippen LogP contribution in [-0.2, 0) is 0 Å². The van der Waals surface area contributed by atoms with E-state index in [2.05, 4.69) is 4.98 Å². The summed E-state index contributed by atoms with van der Waals surface area (Å²) < 4.78 is 0. The molecular weight excluding hydrogens is 114 g/mol. The summed E-state index contributed by atoms with van der Waals surface area (Å²) in [4.78, 5) is 2.58. The summed E-state index contributed by atoms with van der Waals surface area (Å²) in [5.41, 5.74) is 0. The topological polar surface area (TPSA) is 36.0 Å². The molecule has 0 amide bonds. The fourth-order valence-electron chi connectivity index (χ4n) is 0.356. The second-order valence-corrected chi connectivity index (χ2v) is 1.61. The minimum atomic E-state index is 0.171. The number of aromatic nitrogens is 1. The van der Waals surface area contributed by atoms with Gasteiger partial charge in [0.2, 0.25) is 0 Å². The Morgan fingerprint density at radius 3 is 2.57 bits per heavy atom. The minimum absolute atomic E-state index is 0.171. The first kappa shape index (κ1) is 4.53. The van der Waals surface area contributed by atoms with Crippen LogP contribution in [0.25, 0.3) is 0 Å². The molecule has 1 aromatic heterocycles. The summed E-state index contributed by atoms with van der Waals surface area (Å²) in [7, 11) is 0. The van der Waals surface area contributed by atoms with E-state index >= 15 is 0 Å². The highest BCUT2D eigenvalue weighted by Gasteiger charge is 1.87. The van der Waals surface area contributed by atoms with Crippen LogP contribution in [0.5, 0.6) is 5.75 Å². The van der Waals surface area contributed by atoms with Crippen molar-refractivity contribution in [2.45, 2.75) is 0 Å². The third kappa shape index (κ3) is 0.871. The smallest absolute Gasteiger partial charge is 0.134 e. The first-order valence-electron chi connectivity index (χ1n) is 1.82. The molecule has 38 valence electrons. The van der Waals surface area contributed by atoms with Gasteiger partial charge in [-0.15, -0.1) is 0 Å². The van der Waals surface area contributed by atoms with Crippen LogP contribution in [0.15, 0.2) is 12.3 Å². The standard InChI is InChI=1S/C4H4ClNO/c5-4-1-3(7)2-6-4/h1-2,6-7H. The van der Waals surface area contributed by atoms with Crippen LogP contribution in [-0.4, -0.2) is 10.1 Å². The number of rotatable bonds is 0. The number of H-pyrrole nitrogens is 1. The van der Waals surface area contributed by atoms with Crippen molar-refractivity contribution < 1.29 is 5.11 Å². The van der Waals surface area contributed by atoms with Crippen LogP contribution in [0, 0.1) is 0 Å². The van der Waals surface area contributed by atoms with E-state index in [1.165, 1.54) is 12.3 Å².